The zero-order chi connectivity index (χ0) is 29.0. The van der Waals surface area contributed by atoms with E-state index >= 15 is 0 Å². The van der Waals surface area contributed by atoms with E-state index in [0.29, 0.717) is 25.9 Å². The van der Waals surface area contributed by atoms with E-state index in [4.69, 9.17) is 21.2 Å². The second kappa shape index (κ2) is 15.6. The number of likely N-dealkylation sites (tertiary alicyclic amines) is 1. The van der Waals surface area contributed by atoms with Gasteiger partial charge in [0.05, 0.1) is 5.69 Å². The van der Waals surface area contributed by atoms with Gasteiger partial charge in [0.2, 0.25) is 10.0 Å². The SMILES string of the molecule is CCNC.CN1CCC(NS(=O)(=O)c2cn(C)c(C(=O)Nc3ccc(F)c(Cl)c3F)c2F)CC1.O=CC=O. The molecule has 1 fully saturated rings. The van der Waals surface area contributed by atoms with Crippen LogP contribution in [0.3, 0.4) is 0 Å². The van der Waals surface area contributed by atoms with E-state index in [9.17, 15) is 26.4 Å². The minimum absolute atomic E-state index is 0.194. The number of aromatic nitrogens is 1. The van der Waals surface area contributed by atoms with Crippen molar-refractivity contribution in [1.29, 1.82) is 0 Å². The van der Waals surface area contributed by atoms with Gasteiger partial charge >= 0.3 is 0 Å². The molecule has 1 aliphatic heterocycles. The molecule has 1 aromatic carbocycles. The lowest BCUT2D eigenvalue weighted by atomic mass is 10.1. The first-order valence-electron chi connectivity index (χ1n) is 11.4. The number of halogens is 4. The van der Waals surface area contributed by atoms with Gasteiger partial charge in [-0.05, 0) is 58.7 Å². The van der Waals surface area contributed by atoms with E-state index in [2.05, 4.69) is 27.2 Å². The summed E-state index contributed by atoms with van der Waals surface area (Å²) in [7, 11) is 0.903. The molecule has 0 saturated carbocycles. The van der Waals surface area contributed by atoms with E-state index < -0.39 is 54.7 Å². The minimum Gasteiger partial charge on any atom is -0.343 e. The number of aryl methyl sites for hydroxylation is 1. The first kappa shape index (κ1) is 33.2. The summed E-state index contributed by atoms with van der Waals surface area (Å²) in [6, 6.07) is 1.41. The second-order valence-electron chi connectivity index (χ2n) is 8.12. The Morgan fingerprint density at radius 3 is 2.16 bits per heavy atom. The van der Waals surface area contributed by atoms with Gasteiger partial charge in [-0.25, -0.2) is 26.3 Å². The molecule has 3 N–H and O–H groups in total. The third kappa shape index (κ3) is 9.20. The highest BCUT2D eigenvalue weighted by molar-refractivity contribution is 7.89. The predicted molar refractivity (Wildman–Crippen MR) is 137 cm³/mol. The largest absolute Gasteiger partial charge is 0.343 e. The van der Waals surface area contributed by atoms with E-state index in [-0.39, 0.29) is 18.6 Å². The summed E-state index contributed by atoms with van der Waals surface area (Å²) in [5, 5.41) is 4.18. The summed E-state index contributed by atoms with van der Waals surface area (Å²) < 4.78 is 71.0. The van der Waals surface area contributed by atoms with Gasteiger partial charge in [0.25, 0.3) is 5.91 Å². The fourth-order valence-electron chi connectivity index (χ4n) is 3.23. The molecule has 10 nitrogen and oxygen atoms in total. The topological polar surface area (TPSA) is 130 Å². The van der Waals surface area contributed by atoms with Crippen LogP contribution in [-0.2, 0) is 26.7 Å². The first-order valence-corrected chi connectivity index (χ1v) is 13.2. The van der Waals surface area contributed by atoms with Gasteiger partial charge in [0.1, 0.15) is 21.4 Å². The number of rotatable bonds is 7. The van der Waals surface area contributed by atoms with Gasteiger partial charge < -0.3 is 20.1 Å². The number of anilines is 1. The van der Waals surface area contributed by atoms with Gasteiger partial charge in [-0.1, -0.05) is 18.5 Å². The van der Waals surface area contributed by atoms with Crippen molar-refractivity contribution in [2.45, 2.75) is 30.7 Å². The minimum atomic E-state index is -4.23. The van der Waals surface area contributed by atoms with E-state index in [1.165, 1.54) is 7.05 Å². The third-order valence-electron chi connectivity index (χ3n) is 5.33. The van der Waals surface area contributed by atoms with Gasteiger partial charge in [-0.3, -0.25) is 14.4 Å². The Labute approximate surface area is 224 Å². The quantitative estimate of drug-likeness (QED) is 0.260. The highest BCUT2D eigenvalue weighted by atomic mass is 35.5. The van der Waals surface area contributed by atoms with Gasteiger partial charge in [0, 0.05) is 19.3 Å². The van der Waals surface area contributed by atoms with Crippen molar-refractivity contribution in [1.82, 2.24) is 19.5 Å². The van der Waals surface area contributed by atoms with Crippen LogP contribution in [0, 0.1) is 17.5 Å². The van der Waals surface area contributed by atoms with Crippen LogP contribution in [0.1, 0.15) is 30.3 Å². The van der Waals surface area contributed by atoms with Crippen LogP contribution >= 0.6 is 11.6 Å². The number of amides is 1. The predicted octanol–water partition coefficient (Wildman–Crippen LogP) is 2.33. The highest BCUT2D eigenvalue weighted by Crippen LogP contribution is 2.27. The number of piperidine rings is 1. The number of hydrogen-bond donors (Lipinski definition) is 3. The molecule has 1 aromatic heterocycles. The van der Waals surface area contributed by atoms with Crippen LogP contribution in [0.15, 0.2) is 23.2 Å². The van der Waals surface area contributed by atoms with E-state index in [1.807, 2.05) is 14.1 Å². The number of sulfonamides is 1. The number of carbonyl (C=O) groups excluding carboxylic acids is 3. The van der Waals surface area contributed by atoms with Crippen molar-refractivity contribution < 1.29 is 36.0 Å². The average molecular weight is 582 g/mol. The molecule has 212 valence electrons. The Morgan fingerprint density at radius 2 is 1.66 bits per heavy atom. The molecular weight excluding hydrogens is 551 g/mol. The molecule has 1 aliphatic rings. The molecule has 0 spiro atoms. The fourth-order valence-corrected chi connectivity index (χ4v) is 4.82. The zero-order valence-electron chi connectivity index (χ0n) is 21.4. The molecule has 15 heteroatoms. The van der Waals surface area contributed by atoms with Gasteiger partial charge in [-0.15, -0.1) is 0 Å². The molecule has 1 saturated heterocycles. The third-order valence-corrected chi connectivity index (χ3v) is 7.18. The maximum Gasteiger partial charge on any atom is 0.275 e. The molecule has 0 aliphatic carbocycles. The van der Waals surface area contributed by atoms with Crippen LogP contribution in [0.2, 0.25) is 5.02 Å². The van der Waals surface area contributed by atoms with Crippen molar-refractivity contribution in [3.63, 3.8) is 0 Å². The summed E-state index contributed by atoms with van der Waals surface area (Å²) in [6.07, 6.45) is 2.50. The highest BCUT2D eigenvalue weighted by Gasteiger charge is 2.31. The summed E-state index contributed by atoms with van der Waals surface area (Å²) in [6.45, 7) is 4.54. The summed E-state index contributed by atoms with van der Waals surface area (Å²) in [4.78, 5) is 31.5. The maximum atomic E-state index is 14.9. The van der Waals surface area contributed by atoms with Crippen molar-refractivity contribution in [3.8, 4) is 0 Å². The Kier molecular flexibility index (Phi) is 13.6. The molecule has 3 rings (SSSR count). The first-order chi connectivity index (χ1) is 17.8. The van der Waals surface area contributed by atoms with E-state index in [1.54, 1.807) is 0 Å². The van der Waals surface area contributed by atoms with Crippen molar-refractivity contribution in [2.24, 2.45) is 7.05 Å². The Bertz CT molecular complexity index is 1210. The van der Waals surface area contributed by atoms with Gasteiger partial charge in [-0.2, -0.15) is 0 Å². The number of benzene rings is 1. The Hall–Kier alpha value is -2.78. The molecule has 0 unspecified atom stereocenters. The van der Waals surface area contributed by atoms with Crippen LogP contribution in [0.4, 0.5) is 18.9 Å². The van der Waals surface area contributed by atoms with Crippen LogP contribution in [-0.4, -0.2) is 76.1 Å². The lowest BCUT2D eigenvalue weighted by Gasteiger charge is -2.29. The van der Waals surface area contributed by atoms with Crippen LogP contribution < -0.4 is 15.4 Å². The van der Waals surface area contributed by atoms with Crippen LogP contribution in [0.5, 0.6) is 0 Å². The number of aldehydes is 2. The van der Waals surface area contributed by atoms with Crippen molar-refractivity contribution in [2.75, 3.05) is 39.0 Å². The summed E-state index contributed by atoms with van der Waals surface area (Å²) >= 11 is 5.47. The number of nitrogens with one attached hydrogen (secondary N) is 3. The molecule has 2 aromatic rings. The maximum absolute atomic E-state index is 14.9. The van der Waals surface area contributed by atoms with Crippen molar-refractivity contribution in [3.05, 3.63) is 46.5 Å². The standard InChI is InChI=1S/C18H20ClF3N4O3S.C3H9N.C2H2O2/c1-25-7-5-10(6-8-25)24-30(28,29)13-9-26(2)17(16(13)22)18(27)23-12-4-3-11(20)14(19)15(12)21;1-3-4-2;3-1-2-4/h3-4,9-10,24H,5-8H2,1-2H3,(H,23,27);4H,3H2,1-2H3;1-2H. The zero-order valence-corrected chi connectivity index (χ0v) is 22.9. The molecule has 1 amide bonds. The smallest absolute Gasteiger partial charge is 0.275 e. The van der Waals surface area contributed by atoms with E-state index in [0.717, 1.165) is 29.4 Å². The molecule has 2 heterocycles. The molecule has 0 atom stereocenters. The van der Waals surface area contributed by atoms with Crippen LogP contribution in [0.25, 0.3) is 0 Å². The summed E-state index contributed by atoms with van der Waals surface area (Å²) in [5.41, 5.74) is -1.10. The molecule has 0 bridgehead atoms. The molecular formula is C23H31ClF3N5O5S. The monoisotopic (exact) mass is 581 g/mol. The van der Waals surface area contributed by atoms with Gasteiger partial charge in [0.15, 0.2) is 24.2 Å². The Balaban J connectivity index is 0.000000794. The number of nitrogens with zero attached hydrogens (tertiary/aromatic N) is 2. The lowest BCUT2D eigenvalue weighted by molar-refractivity contribution is -0.122. The lowest BCUT2D eigenvalue weighted by Crippen LogP contribution is -2.43. The Morgan fingerprint density at radius 1 is 1.11 bits per heavy atom. The van der Waals surface area contributed by atoms with Crippen molar-refractivity contribution >= 4 is 45.8 Å². The molecule has 38 heavy (non-hydrogen) atoms. The summed E-state index contributed by atoms with van der Waals surface area (Å²) in [5.74, 6) is -4.64. The normalized spacial score (nSPS) is 14.0. The second-order valence-corrected chi connectivity index (χ2v) is 10.2. The molecule has 0 radical (unpaired) electrons. The number of hydrogen-bond acceptors (Lipinski definition) is 7. The fraction of sp³-hybridized carbons (Fsp3) is 0.435. The average Bonchev–Trinajstić information content (AvgIpc) is 3.20. The number of carbonyl (C=O) groups is 3.